The van der Waals surface area contributed by atoms with Gasteiger partial charge < -0.3 is 10.2 Å². The molecular weight excluding hydrogens is 371 g/mol. The number of aryl methyl sites for hydroxylation is 1. The Morgan fingerprint density at radius 2 is 1.93 bits per heavy atom. The molecule has 0 spiro atoms. The molecule has 1 aliphatic rings. The van der Waals surface area contributed by atoms with Gasteiger partial charge in [-0.2, -0.15) is 0 Å². The fourth-order valence-corrected chi connectivity index (χ4v) is 3.15. The molecule has 0 aromatic heterocycles. The van der Waals surface area contributed by atoms with E-state index in [1.807, 2.05) is 25.1 Å². The lowest BCUT2D eigenvalue weighted by molar-refractivity contribution is -0.117. The third-order valence-electron chi connectivity index (χ3n) is 4.83. The van der Waals surface area contributed by atoms with Gasteiger partial charge in [0, 0.05) is 19.3 Å². The summed E-state index contributed by atoms with van der Waals surface area (Å²) in [5, 5.41) is 18.4. The predicted octanol–water partition coefficient (Wildman–Crippen LogP) is 4.60. The molecule has 2 aromatic carbocycles. The monoisotopic (exact) mass is 398 g/mol. The van der Waals surface area contributed by atoms with Crippen LogP contribution in [-0.4, -0.2) is 28.1 Å². The number of hydrogen-bond acceptors (Lipinski definition) is 3. The van der Waals surface area contributed by atoms with Gasteiger partial charge in [-0.3, -0.25) is 4.79 Å². The van der Waals surface area contributed by atoms with Crippen LogP contribution in [0.1, 0.15) is 47.7 Å². The molecule has 2 aromatic rings. The number of rotatable bonds is 6. The van der Waals surface area contributed by atoms with Gasteiger partial charge in [0.1, 0.15) is 11.6 Å². The van der Waals surface area contributed by atoms with Crippen LogP contribution in [-0.2, 0) is 17.6 Å². The highest BCUT2D eigenvalue weighted by Crippen LogP contribution is 2.23. The summed E-state index contributed by atoms with van der Waals surface area (Å²) in [4.78, 5) is 21.5. The lowest BCUT2D eigenvalue weighted by atomic mass is 10.0. The molecule has 0 radical (unpaired) electrons. The topological polar surface area (TPSA) is 74.6 Å². The van der Waals surface area contributed by atoms with Gasteiger partial charge >= 0.3 is 5.97 Å². The number of aromatic carboxylic acids is 1. The summed E-state index contributed by atoms with van der Waals surface area (Å²) >= 11 is 0. The van der Waals surface area contributed by atoms with E-state index in [-0.39, 0.29) is 11.7 Å². The minimum Gasteiger partial charge on any atom is -0.478 e. The molecule has 4 nitrogen and oxygen atoms in total. The van der Waals surface area contributed by atoms with Gasteiger partial charge in [0.2, 0.25) is 0 Å². The SMILES string of the molecule is CCc1ccc(C(=O)O)cc1.O=C1CCC(/C=C/C(O)Cc2cccc(F)c2)C1. The molecule has 2 N–H and O–H groups in total. The van der Waals surface area contributed by atoms with Crippen LogP contribution in [0.5, 0.6) is 0 Å². The molecule has 2 atom stereocenters. The number of aliphatic hydroxyl groups excluding tert-OH is 1. The van der Waals surface area contributed by atoms with Gasteiger partial charge in [0.05, 0.1) is 11.7 Å². The lowest BCUT2D eigenvalue weighted by Gasteiger charge is -2.07. The molecule has 0 saturated heterocycles. The number of halogens is 1. The first-order chi connectivity index (χ1) is 13.9. The maximum atomic E-state index is 13.0. The number of benzene rings is 2. The van der Waals surface area contributed by atoms with Gasteiger partial charge in [-0.15, -0.1) is 0 Å². The highest BCUT2D eigenvalue weighted by molar-refractivity contribution is 5.87. The zero-order chi connectivity index (χ0) is 21.2. The molecule has 1 saturated carbocycles. The van der Waals surface area contributed by atoms with Crippen molar-refractivity contribution in [1.82, 2.24) is 0 Å². The fraction of sp³-hybridized carbons (Fsp3) is 0.333. The maximum Gasteiger partial charge on any atom is 0.335 e. The Labute approximate surface area is 170 Å². The van der Waals surface area contributed by atoms with E-state index in [0.29, 0.717) is 30.6 Å². The summed E-state index contributed by atoms with van der Waals surface area (Å²) in [6.45, 7) is 2.04. The summed E-state index contributed by atoms with van der Waals surface area (Å²) in [5.74, 6) is -0.596. The number of carboxylic acid groups (broad SMARTS) is 1. The van der Waals surface area contributed by atoms with Gasteiger partial charge in [-0.25, -0.2) is 9.18 Å². The van der Waals surface area contributed by atoms with Crippen LogP contribution < -0.4 is 0 Å². The van der Waals surface area contributed by atoms with Crippen LogP contribution in [0, 0.1) is 11.7 Å². The molecule has 5 heteroatoms. The number of hydrogen-bond donors (Lipinski definition) is 2. The van der Waals surface area contributed by atoms with Crippen LogP contribution in [0.3, 0.4) is 0 Å². The van der Waals surface area contributed by atoms with Crippen molar-refractivity contribution in [2.75, 3.05) is 0 Å². The van der Waals surface area contributed by atoms with Crippen molar-refractivity contribution in [3.63, 3.8) is 0 Å². The number of allylic oxidation sites excluding steroid dienone is 1. The molecule has 154 valence electrons. The first-order valence-corrected chi connectivity index (χ1v) is 9.82. The Bertz CT molecular complexity index is 842. The number of carbonyl (C=O) groups excluding carboxylic acids is 1. The van der Waals surface area contributed by atoms with Crippen molar-refractivity contribution in [2.45, 2.75) is 45.1 Å². The summed E-state index contributed by atoms with van der Waals surface area (Å²) in [5.41, 5.74) is 2.28. The number of Topliss-reactive ketones (excluding diaryl/α,β-unsaturated/α-hetero) is 1. The lowest BCUT2D eigenvalue weighted by Crippen LogP contribution is -2.07. The standard InChI is InChI=1S/C15H17FO2.C9H10O2/c16-13-3-1-2-12(8-13)10-15(18)7-5-11-4-6-14(17)9-11;1-2-7-3-5-8(6-4-7)9(10)11/h1-3,5,7-8,11,15,18H,4,6,9-10H2;3-6H,2H2,1H3,(H,10,11)/b7-5+;. The van der Waals surface area contributed by atoms with Crippen LogP contribution in [0.4, 0.5) is 4.39 Å². The van der Waals surface area contributed by atoms with E-state index in [0.717, 1.165) is 24.0 Å². The molecule has 1 aliphatic carbocycles. The Balaban J connectivity index is 0.000000234. The quantitative estimate of drug-likeness (QED) is 0.698. The zero-order valence-electron chi connectivity index (χ0n) is 16.6. The van der Waals surface area contributed by atoms with E-state index in [2.05, 4.69) is 0 Å². The molecule has 2 unspecified atom stereocenters. The highest BCUT2D eigenvalue weighted by Gasteiger charge is 2.19. The summed E-state index contributed by atoms with van der Waals surface area (Å²) in [7, 11) is 0. The van der Waals surface area contributed by atoms with Crippen molar-refractivity contribution >= 4 is 11.8 Å². The number of carboxylic acids is 1. The first-order valence-electron chi connectivity index (χ1n) is 9.82. The molecule has 3 rings (SSSR count). The van der Waals surface area contributed by atoms with Crippen molar-refractivity contribution in [3.05, 3.63) is 83.2 Å². The van der Waals surface area contributed by atoms with Crippen molar-refractivity contribution in [3.8, 4) is 0 Å². The van der Waals surface area contributed by atoms with Crippen LogP contribution in [0.2, 0.25) is 0 Å². The second kappa shape index (κ2) is 11.3. The smallest absolute Gasteiger partial charge is 0.335 e. The largest absolute Gasteiger partial charge is 0.478 e. The zero-order valence-corrected chi connectivity index (χ0v) is 16.6. The predicted molar refractivity (Wildman–Crippen MR) is 110 cm³/mol. The van der Waals surface area contributed by atoms with Gasteiger partial charge in [-0.05, 0) is 54.2 Å². The Morgan fingerprint density at radius 3 is 2.48 bits per heavy atom. The van der Waals surface area contributed by atoms with Crippen LogP contribution in [0.15, 0.2) is 60.7 Å². The van der Waals surface area contributed by atoms with E-state index in [1.165, 1.54) is 12.1 Å². The highest BCUT2D eigenvalue weighted by atomic mass is 19.1. The van der Waals surface area contributed by atoms with Gasteiger partial charge in [0.25, 0.3) is 0 Å². The van der Waals surface area contributed by atoms with E-state index in [1.54, 1.807) is 30.3 Å². The average molecular weight is 398 g/mol. The summed E-state index contributed by atoms with van der Waals surface area (Å²) in [6.07, 6.45) is 6.46. The van der Waals surface area contributed by atoms with Crippen molar-refractivity contribution in [2.24, 2.45) is 5.92 Å². The molecule has 0 amide bonds. The molecular formula is C24H27FO4. The number of aliphatic hydroxyl groups is 1. The minimum atomic E-state index is -0.868. The fourth-order valence-electron chi connectivity index (χ4n) is 3.15. The van der Waals surface area contributed by atoms with E-state index in [9.17, 15) is 19.1 Å². The first kappa shape index (κ1) is 22.5. The van der Waals surface area contributed by atoms with Gasteiger partial charge in [-0.1, -0.05) is 43.3 Å². The molecule has 1 fully saturated rings. The normalized spacial score (nSPS) is 17.1. The second-order valence-corrected chi connectivity index (χ2v) is 7.18. The van der Waals surface area contributed by atoms with Crippen molar-refractivity contribution < 1.29 is 24.2 Å². The summed E-state index contributed by atoms with van der Waals surface area (Å²) < 4.78 is 13.0. The second-order valence-electron chi connectivity index (χ2n) is 7.18. The maximum absolute atomic E-state index is 13.0. The van der Waals surface area contributed by atoms with E-state index >= 15 is 0 Å². The van der Waals surface area contributed by atoms with Gasteiger partial charge in [0.15, 0.2) is 0 Å². The Morgan fingerprint density at radius 1 is 1.21 bits per heavy atom. The molecule has 0 bridgehead atoms. The number of carbonyl (C=O) groups is 2. The Kier molecular flexibility index (Phi) is 8.74. The summed E-state index contributed by atoms with van der Waals surface area (Å²) in [6, 6.07) is 13.2. The minimum absolute atomic E-state index is 0.264. The van der Waals surface area contributed by atoms with Crippen LogP contribution >= 0.6 is 0 Å². The average Bonchev–Trinajstić information content (AvgIpc) is 3.12. The van der Waals surface area contributed by atoms with Crippen molar-refractivity contribution in [1.29, 1.82) is 0 Å². The molecule has 0 heterocycles. The van der Waals surface area contributed by atoms with Crippen LogP contribution in [0.25, 0.3) is 0 Å². The number of ketones is 1. The van der Waals surface area contributed by atoms with E-state index in [4.69, 9.17) is 5.11 Å². The molecule has 29 heavy (non-hydrogen) atoms. The Hall–Kier alpha value is -2.79. The molecule has 0 aliphatic heterocycles. The third-order valence-corrected chi connectivity index (χ3v) is 4.83. The van der Waals surface area contributed by atoms with E-state index < -0.39 is 12.1 Å². The third kappa shape index (κ3) is 8.00.